The molecule has 0 unspecified atom stereocenters. The summed E-state index contributed by atoms with van der Waals surface area (Å²) in [5.41, 5.74) is 3.14. The summed E-state index contributed by atoms with van der Waals surface area (Å²) in [5, 5.41) is 4.20. The zero-order valence-corrected chi connectivity index (χ0v) is 18.0. The molecule has 6 nitrogen and oxygen atoms in total. The van der Waals surface area contributed by atoms with Crippen molar-refractivity contribution in [3.63, 3.8) is 0 Å². The molecule has 0 aliphatic rings. The van der Waals surface area contributed by atoms with Gasteiger partial charge in [-0.05, 0) is 42.0 Å². The van der Waals surface area contributed by atoms with E-state index in [1.165, 1.54) is 0 Å². The van der Waals surface area contributed by atoms with E-state index in [1.54, 1.807) is 43.4 Å². The molecule has 0 spiro atoms. The van der Waals surface area contributed by atoms with E-state index in [2.05, 4.69) is 5.16 Å². The quantitative estimate of drug-likeness (QED) is 0.386. The minimum absolute atomic E-state index is 0.0950. The number of carbonyl (C=O) groups excluding carboxylic acids is 1. The Morgan fingerprint density at radius 2 is 1.59 bits per heavy atom. The average molecular weight is 428 g/mol. The zero-order valence-electron chi connectivity index (χ0n) is 18.0. The van der Waals surface area contributed by atoms with E-state index in [4.69, 9.17) is 14.0 Å². The Kier molecular flexibility index (Phi) is 6.51. The van der Waals surface area contributed by atoms with Crippen LogP contribution in [0.4, 0.5) is 0 Å². The molecule has 32 heavy (non-hydrogen) atoms. The number of nitrogens with zero attached hydrogens (tertiary/aromatic N) is 2. The molecule has 162 valence electrons. The third kappa shape index (κ3) is 4.98. The van der Waals surface area contributed by atoms with Crippen LogP contribution in [-0.4, -0.2) is 30.2 Å². The monoisotopic (exact) mass is 428 g/mol. The molecular formula is C26H24N2O4. The maximum atomic E-state index is 13.3. The lowest BCUT2D eigenvalue weighted by Crippen LogP contribution is -2.30. The summed E-state index contributed by atoms with van der Waals surface area (Å²) >= 11 is 0. The van der Waals surface area contributed by atoms with Gasteiger partial charge in [-0.25, -0.2) is 0 Å². The smallest absolute Gasteiger partial charge is 0.254 e. The molecule has 0 saturated heterocycles. The topological polar surface area (TPSA) is 64.8 Å². The fraction of sp³-hybridized carbons (Fsp3) is 0.154. The Morgan fingerprint density at radius 3 is 2.31 bits per heavy atom. The highest BCUT2D eigenvalue weighted by molar-refractivity contribution is 5.94. The second-order valence-electron chi connectivity index (χ2n) is 7.29. The van der Waals surface area contributed by atoms with Crippen molar-refractivity contribution >= 4 is 5.91 Å². The lowest BCUT2D eigenvalue weighted by molar-refractivity contribution is 0.0726. The molecule has 0 saturated carbocycles. The number of carbonyl (C=O) groups is 1. The van der Waals surface area contributed by atoms with Crippen LogP contribution in [-0.2, 0) is 13.1 Å². The third-order valence-electron chi connectivity index (χ3n) is 5.11. The lowest BCUT2D eigenvalue weighted by atomic mass is 10.1. The molecule has 0 atom stereocenters. The number of rotatable bonds is 8. The van der Waals surface area contributed by atoms with Crippen LogP contribution in [0.15, 0.2) is 89.5 Å². The van der Waals surface area contributed by atoms with Gasteiger partial charge >= 0.3 is 0 Å². The maximum absolute atomic E-state index is 13.3. The predicted molar refractivity (Wildman–Crippen MR) is 122 cm³/mol. The number of hydrogen-bond acceptors (Lipinski definition) is 5. The van der Waals surface area contributed by atoms with Crippen molar-refractivity contribution in [3.05, 3.63) is 102 Å². The summed E-state index contributed by atoms with van der Waals surface area (Å²) in [6.45, 7) is 0.764. The van der Waals surface area contributed by atoms with E-state index in [1.807, 2.05) is 60.7 Å². The Bertz CT molecular complexity index is 1170. The third-order valence-corrected chi connectivity index (χ3v) is 5.11. The molecule has 0 bridgehead atoms. The van der Waals surface area contributed by atoms with Gasteiger partial charge in [0.2, 0.25) is 0 Å². The van der Waals surface area contributed by atoms with Crippen LogP contribution in [0.1, 0.15) is 21.6 Å². The van der Waals surface area contributed by atoms with Crippen LogP contribution >= 0.6 is 0 Å². The van der Waals surface area contributed by atoms with Crippen LogP contribution in [0.25, 0.3) is 11.3 Å². The van der Waals surface area contributed by atoms with Gasteiger partial charge in [0.25, 0.3) is 5.91 Å². The van der Waals surface area contributed by atoms with Gasteiger partial charge in [0.05, 0.1) is 20.8 Å². The number of aromatic nitrogens is 1. The van der Waals surface area contributed by atoms with E-state index in [9.17, 15) is 4.79 Å². The molecule has 0 N–H and O–H groups in total. The van der Waals surface area contributed by atoms with Crippen LogP contribution < -0.4 is 9.47 Å². The van der Waals surface area contributed by atoms with Gasteiger partial charge in [0.15, 0.2) is 5.76 Å². The highest BCUT2D eigenvalue weighted by Crippen LogP contribution is 2.25. The molecular weight excluding hydrogens is 404 g/mol. The molecule has 4 rings (SSSR count). The van der Waals surface area contributed by atoms with Crippen molar-refractivity contribution in [1.82, 2.24) is 10.1 Å². The van der Waals surface area contributed by atoms with E-state index in [0.29, 0.717) is 35.9 Å². The van der Waals surface area contributed by atoms with Crippen LogP contribution in [0.3, 0.4) is 0 Å². The fourth-order valence-electron chi connectivity index (χ4n) is 3.41. The summed E-state index contributed by atoms with van der Waals surface area (Å²) in [7, 11) is 3.22. The Morgan fingerprint density at radius 1 is 0.844 bits per heavy atom. The normalized spacial score (nSPS) is 10.6. The molecule has 3 aromatic carbocycles. The molecule has 1 aromatic heterocycles. The van der Waals surface area contributed by atoms with Gasteiger partial charge in [0.1, 0.15) is 17.2 Å². The van der Waals surface area contributed by atoms with Gasteiger partial charge in [-0.1, -0.05) is 47.6 Å². The number of hydrogen-bond donors (Lipinski definition) is 0. The molecule has 0 radical (unpaired) electrons. The average Bonchev–Trinajstić information content (AvgIpc) is 3.32. The van der Waals surface area contributed by atoms with Crippen LogP contribution in [0.5, 0.6) is 11.5 Å². The maximum Gasteiger partial charge on any atom is 0.254 e. The van der Waals surface area contributed by atoms with Gasteiger partial charge in [-0.15, -0.1) is 0 Å². The zero-order chi connectivity index (χ0) is 22.3. The summed E-state index contributed by atoms with van der Waals surface area (Å²) in [4.78, 5) is 15.1. The van der Waals surface area contributed by atoms with Crippen molar-refractivity contribution in [2.75, 3.05) is 14.2 Å². The fourth-order valence-corrected chi connectivity index (χ4v) is 3.41. The second-order valence-corrected chi connectivity index (χ2v) is 7.29. The SMILES string of the molecule is COc1ccc(C(=O)N(Cc2ccccc2)Cc2cc(-c3cccc(OC)c3)on2)cc1. The Hall–Kier alpha value is -4.06. The lowest BCUT2D eigenvalue weighted by Gasteiger charge is -2.22. The van der Waals surface area contributed by atoms with Crippen molar-refractivity contribution in [3.8, 4) is 22.8 Å². The standard InChI is InChI=1S/C26H24N2O4/c1-30-23-13-11-20(12-14-23)26(29)28(17-19-7-4-3-5-8-19)18-22-16-25(32-27-22)21-9-6-10-24(15-21)31-2/h3-16H,17-18H2,1-2H3. The van der Waals surface area contributed by atoms with Gasteiger partial charge < -0.3 is 18.9 Å². The van der Waals surface area contributed by atoms with Gasteiger partial charge in [-0.2, -0.15) is 0 Å². The molecule has 0 aliphatic carbocycles. The number of ether oxygens (including phenoxy) is 2. The number of methoxy groups -OCH3 is 2. The summed E-state index contributed by atoms with van der Waals surface area (Å²) in [6, 6.07) is 26.4. The van der Waals surface area contributed by atoms with E-state index in [-0.39, 0.29) is 5.91 Å². The first-order chi connectivity index (χ1) is 15.7. The highest BCUT2D eigenvalue weighted by atomic mass is 16.5. The first-order valence-corrected chi connectivity index (χ1v) is 10.2. The molecule has 0 aliphatic heterocycles. The summed E-state index contributed by atoms with van der Waals surface area (Å²) in [6.07, 6.45) is 0. The first-order valence-electron chi connectivity index (χ1n) is 10.2. The van der Waals surface area contributed by atoms with Crippen LogP contribution in [0, 0.1) is 0 Å². The second kappa shape index (κ2) is 9.83. The van der Waals surface area contributed by atoms with E-state index < -0.39 is 0 Å². The van der Waals surface area contributed by atoms with Gasteiger partial charge in [0, 0.05) is 23.7 Å². The minimum Gasteiger partial charge on any atom is -0.497 e. The van der Waals surface area contributed by atoms with Crippen molar-refractivity contribution < 1.29 is 18.8 Å². The predicted octanol–water partition coefficient (Wildman–Crippen LogP) is 5.20. The van der Waals surface area contributed by atoms with E-state index >= 15 is 0 Å². The van der Waals surface area contributed by atoms with E-state index in [0.717, 1.165) is 16.9 Å². The minimum atomic E-state index is -0.0950. The largest absolute Gasteiger partial charge is 0.497 e. The number of amides is 1. The van der Waals surface area contributed by atoms with Crippen molar-refractivity contribution in [2.24, 2.45) is 0 Å². The first kappa shape index (κ1) is 21.2. The molecule has 4 aromatic rings. The summed E-state index contributed by atoms with van der Waals surface area (Å²) in [5.74, 6) is 1.97. The molecule has 1 amide bonds. The van der Waals surface area contributed by atoms with Crippen molar-refractivity contribution in [2.45, 2.75) is 13.1 Å². The van der Waals surface area contributed by atoms with Gasteiger partial charge in [-0.3, -0.25) is 4.79 Å². The molecule has 6 heteroatoms. The van der Waals surface area contributed by atoms with Crippen molar-refractivity contribution in [1.29, 1.82) is 0 Å². The number of benzene rings is 3. The highest BCUT2D eigenvalue weighted by Gasteiger charge is 2.19. The molecule has 1 heterocycles. The Labute approximate surface area is 187 Å². The summed E-state index contributed by atoms with van der Waals surface area (Å²) < 4.78 is 16.0. The Balaban J connectivity index is 1.58. The molecule has 0 fully saturated rings. The van der Waals surface area contributed by atoms with Crippen LogP contribution in [0.2, 0.25) is 0 Å².